The number of nitrogens with one attached hydrogen (secondary N) is 1. The van der Waals surface area contributed by atoms with Crippen molar-refractivity contribution < 1.29 is 19.1 Å². The summed E-state index contributed by atoms with van der Waals surface area (Å²) in [4.78, 5) is 31.2. The van der Waals surface area contributed by atoms with Gasteiger partial charge in [-0.3, -0.25) is 9.59 Å². The lowest BCUT2D eigenvalue weighted by molar-refractivity contribution is -0.126. The number of benzene rings is 2. The molecule has 3 aromatic rings. The van der Waals surface area contributed by atoms with Crippen LogP contribution in [0.5, 0.6) is 11.5 Å². The molecule has 1 saturated heterocycles. The number of hydrogen-bond donors (Lipinski definition) is 1. The second-order valence-corrected chi connectivity index (χ2v) is 8.03. The molecule has 0 aliphatic carbocycles. The van der Waals surface area contributed by atoms with Crippen molar-refractivity contribution in [3.8, 4) is 17.2 Å². The predicted molar refractivity (Wildman–Crippen MR) is 118 cm³/mol. The van der Waals surface area contributed by atoms with Gasteiger partial charge in [-0.25, -0.2) is 4.98 Å². The van der Waals surface area contributed by atoms with E-state index in [0.29, 0.717) is 31.3 Å². The van der Waals surface area contributed by atoms with Crippen LogP contribution in [-0.2, 0) is 9.59 Å². The van der Waals surface area contributed by atoms with E-state index in [4.69, 9.17) is 9.47 Å². The van der Waals surface area contributed by atoms with Gasteiger partial charge in [-0.05, 0) is 36.8 Å². The normalized spacial score (nSPS) is 18.5. The number of rotatable bonds is 5. The molecule has 2 aliphatic rings. The van der Waals surface area contributed by atoms with Gasteiger partial charge >= 0.3 is 0 Å². The third-order valence-corrected chi connectivity index (χ3v) is 5.89. The molecule has 2 aliphatic heterocycles. The molecule has 2 aromatic carbocycles. The van der Waals surface area contributed by atoms with Crippen LogP contribution in [0.2, 0.25) is 0 Å². The van der Waals surface area contributed by atoms with Crippen LogP contribution in [0.1, 0.15) is 24.9 Å². The number of amides is 2. The Kier molecular flexibility index (Phi) is 5.26. The molecule has 1 aromatic heterocycles. The SMILES string of the molecule is CC(NC(=O)C1CC(=O)N(c2ccc3c(c2)OCCO3)C1)c1ccc(-n2ccnc2)cc1. The molecule has 3 heterocycles. The van der Waals surface area contributed by atoms with Crippen LogP contribution >= 0.6 is 0 Å². The minimum Gasteiger partial charge on any atom is -0.486 e. The van der Waals surface area contributed by atoms with Gasteiger partial charge in [0.15, 0.2) is 11.5 Å². The van der Waals surface area contributed by atoms with E-state index >= 15 is 0 Å². The van der Waals surface area contributed by atoms with Crippen molar-refractivity contribution in [1.82, 2.24) is 14.9 Å². The molecule has 0 bridgehead atoms. The number of carbonyl (C=O) groups is 2. The van der Waals surface area contributed by atoms with Gasteiger partial charge in [-0.15, -0.1) is 0 Å². The van der Waals surface area contributed by atoms with Gasteiger partial charge < -0.3 is 24.3 Å². The highest BCUT2D eigenvalue weighted by atomic mass is 16.6. The molecule has 0 saturated carbocycles. The molecule has 2 atom stereocenters. The second-order valence-electron chi connectivity index (χ2n) is 8.03. The summed E-state index contributed by atoms with van der Waals surface area (Å²) in [7, 11) is 0. The molecule has 32 heavy (non-hydrogen) atoms. The molecule has 2 amide bonds. The third-order valence-electron chi connectivity index (χ3n) is 5.89. The summed E-state index contributed by atoms with van der Waals surface area (Å²) in [6.45, 7) is 3.29. The largest absolute Gasteiger partial charge is 0.486 e. The predicted octanol–water partition coefficient (Wildman–Crippen LogP) is 2.87. The van der Waals surface area contributed by atoms with E-state index in [-0.39, 0.29) is 24.3 Å². The monoisotopic (exact) mass is 432 g/mol. The molecular weight excluding hydrogens is 408 g/mol. The van der Waals surface area contributed by atoms with Crippen molar-refractivity contribution in [2.45, 2.75) is 19.4 Å². The molecule has 0 radical (unpaired) electrons. The molecule has 5 rings (SSSR count). The Hall–Kier alpha value is -3.81. The van der Waals surface area contributed by atoms with E-state index in [2.05, 4.69) is 10.3 Å². The first-order valence-electron chi connectivity index (χ1n) is 10.7. The van der Waals surface area contributed by atoms with Gasteiger partial charge in [0, 0.05) is 42.8 Å². The summed E-state index contributed by atoms with van der Waals surface area (Å²) >= 11 is 0. The Balaban J connectivity index is 1.23. The van der Waals surface area contributed by atoms with Crippen LogP contribution in [0.15, 0.2) is 61.2 Å². The molecule has 8 heteroatoms. The smallest absolute Gasteiger partial charge is 0.227 e. The number of imidazole rings is 1. The van der Waals surface area contributed by atoms with E-state index in [1.165, 1.54) is 0 Å². The van der Waals surface area contributed by atoms with Crippen LogP contribution in [0.4, 0.5) is 5.69 Å². The summed E-state index contributed by atoms with van der Waals surface area (Å²) in [6, 6.07) is 13.2. The standard InChI is InChI=1S/C24H24N4O4/c1-16(17-2-4-19(5-3-17)27-9-8-25-15-27)26-24(30)18-12-23(29)28(14-18)20-6-7-21-22(13-20)32-11-10-31-21/h2-9,13,15-16,18H,10-12,14H2,1H3,(H,26,30). The lowest BCUT2D eigenvalue weighted by Gasteiger charge is -2.22. The number of anilines is 1. The summed E-state index contributed by atoms with van der Waals surface area (Å²) in [5, 5.41) is 3.05. The average Bonchev–Trinajstić information content (AvgIpc) is 3.49. The van der Waals surface area contributed by atoms with Crippen molar-refractivity contribution in [1.29, 1.82) is 0 Å². The van der Waals surface area contributed by atoms with Crippen LogP contribution in [0.25, 0.3) is 5.69 Å². The van der Waals surface area contributed by atoms with Gasteiger partial charge in [0.1, 0.15) is 13.2 Å². The maximum atomic E-state index is 12.9. The number of ether oxygens (including phenoxy) is 2. The van der Waals surface area contributed by atoms with Gasteiger partial charge in [-0.1, -0.05) is 12.1 Å². The van der Waals surface area contributed by atoms with E-state index in [1.807, 2.05) is 48.0 Å². The molecule has 1 fully saturated rings. The zero-order valence-electron chi connectivity index (χ0n) is 17.7. The van der Waals surface area contributed by atoms with Crippen molar-refractivity contribution in [3.63, 3.8) is 0 Å². The molecule has 0 spiro atoms. The van der Waals surface area contributed by atoms with E-state index in [0.717, 1.165) is 16.9 Å². The van der Waals surface area contributed by atoms with Crippen LogP contribution in [-0.4, -0.2) is 41.1 Å². The lowest BCUT2D eigenvalue weighted by atomic mass is 10.0. The highest BCUT2D eigenvalue weighted by molar-refractivity contribution is 6.00. The summed E-state index contributed by atoms with van der Waals surface area (Å²) < 4.78 is 13.1. The third kappa shape index (κ3) is 3.91. The van der Waals surface area contributed by atoms with Crippen LogP contribution < -0.4 is 19.7 Å². The molecule has 164 valence electrons. The second kappa shape index (κ2) is 8.37. The number of fused-ring (bicyclic) bond motifs is 1. The van der Waals surface area contributed by atoms with Crippen molar-refractivity contribution >= 4 is 17.5 Å². The Morgan fingerprint density at radius 3 is 2.59 bits per heavy atom. The summed E-state index contributed by atoms with van der Waals surface area (Å²) in [5.74, 6) is 0.711. The van der Waals surface area contributed by atoms with Gasteiger partial charge in [0.25, 0.3) is 0 Å². The van der Waals surface area contributed by atoms with E-state index in [1.54, 1.807) is 29.6 Å². The number of nitrogens with zero attached hydrogens (tertiary/aromatic N) is 3. The van der Waals surface area contributed by atoms with Crippen molar-refractivity contribution in [2.75, 3.05) is 24.7 Å². The Morgan fingerprint density at radius 2 is 1.84 bits per heavy atom. The first-order valence-corrected chi connectivity index (χ1v) is 10.7. The molecule has 2 unspecified atom stereocenters. The maximum Gasteiger partial charge on any atom is 0.227 e. The fourth-order valence-corrected chi connectivity index (χ4v) is 4.09. The minimum absolute atomic E-state index is 0.0702. The number of hydrogen-bond acceptors (Lipinski definition) is 5. The summed E-state index contributed by atoms with van der Waals surface area (Å²) in [6.07, 6.45) is 5.54. The Morgan fingerprint density at radius 1 is 1.09 bits per heavy atom. The van der Waals surface area contributed by atoms with Crippen LogP contribution in [0, 0.1) is 5.92 Å². The van der Waals surface area contributed by atoms with E-state index < -0.39 is 5.92 Å². The molecule has 1 N–H and O–H groups in total. The van der Waals surface area contributed by atoms with E-state index in [9.17, 15) is 9.59 Å². The topological polar surface area (TPSA) is 85.7 Å². The Labute approximate surface area is 185 Å². The quantitative estimate of drug-likeness (QED) is 0.670. The fraction of sp³-hybridized carbons (Fsp3) is 0.292. The fourth-order valence-electron chi connectivity index (χ4n) is 4.09. The highest BCUT2D eigenvalue weighted by Gasteiger charge is 2.36. The van der Waals surface area contributed by atoms with Gasteiger partial charge in [0.2, 0.25) is 11.8 Å². The van der Waals surface area contributed by atoms with Gasteiger partial charge in [0.05, 0.1) is 18.3 Å². The average molecular weight is 432 g/mol. The first-order chi connectivity index (χ1) is 15.6. The van der Waals surface area contributed by atoms with Crippen molar-refractivity contribution in [2.24, 2.45) is 5.92 Å². The Bertz CT molecular complexity index is 1130. The number of aromatic nitrogens is 2. The van der Waals surface area contributed by atoms with Crippen LogP contribution in [0.3, 0.4) is 0 Å². The highest BCUT2D eigenvalue weighted by Crippen LogP contribution is 2.36. The lowest BCUT2D eigenvalue weighted by Crippen LogP contribution is -2.34. The molecular formula is C24H24N4O4. The number of carbonyl (C=O) groups excluding carboxylic acids is 2. The summed E-state index contributed by atoms with van der Waals surface area (Å²) in [5.41, 5.74) is 2.72. The van der Waals surface area contributed by atoms with Gasteiger partial charge in [-0.2, -0.15) is 0 Å². The zero-order chi connectivity index (χ0) is 22.1. The minimum atomic E-state index is -0.400. The zero-order valence-corrected chi connectivity index (χ0v) is 17.7. The molecule has 8 nitrogen and oxygen atoms in total. The first kappa shape index (κ1) is 20.1. The maximum absolute atomic E-state index is 12.9. The van der Waals surface area contributed by atoms with Crippen molar-refractivity contribution in [3.05, 3.63) is 66.7 Å².